The van der Waals surface area contributed by atoms with Crippen LogP contribution in [-0.2, 0) is 14.3 Å². The number of carbonyl (C=O) groups is 2. The average molecular weight is 363 g/mol. The Bertz CT molecular complexity index is 550. The van der Waals surface area contributed by atoms with Crippen molar-refractivity contribution in [1.29, 1.82) is 0 Å². The van der Waals surface area contributed by atoms with E-state index in [0.717, 1.165) is 50.3 Å². The normalized spacial score (nSPS) is 14.9. The first-order chi connectivity index (χ1) is 12.7. The molecule has 0 aromatic heterocycles. The molecule has 0 bridgehead atoms. The fourth-order valence-corrected chi connectivity index (χ4v) is 2.88. The zero-order chi connectivity index (χ0) is 18.6. The minimum Gasteiger partial charge on any atom is -0.497 e. The van der Waals surface area contributed by atoms with Crippen molar-refractivity contribution in [2.24, 2.45) is 0 Å². The molecule has 1 aromatic carbocycles. The van der Waals surface area contributed by atoms with Crippen LogP contribution in [0.1, 0.15) is 44.9 Å². The summed E-state index contributed by atoms with van der Waals surface area (Å²) in [5, 5.41) is 0. The van der Waals surface area contributed by atoms with Gasteiger partial charge < -0.3 is 19.1 Å². The van der Waals surface area contributed by atoms with Gasteiger partial charge in [0, 0.05) is 19.5 Å². The predicted octanol–water partition coefficient (Wildman–Crippen LogP) is 3.19. The largest absolute Gasteiger partial charge is 0.497 e. The summed E-state index contributed by atoms with van der Waals surface area (Å²) >= 11 is 0. The molecule has 0 unspecified atom stereocenters. The highest BCUT2D eigenvalue weighted by Crippen LogP contribution is 2.17. The van der Waals surface area contributed by atoms with Crippen LogP contribution >= 0.6 is 0 Å². The average Bonchev–Trinajstić information content (AvgIpc) is 2.63. The Balaban J connectivity index is 1.58. The Morgan fingerprint density at radius 2 is 1.58 bits per heavy atom. The van der Waals surface area contributed by atoms with Gasteiger partial charge in [0.05, 0.1) is 13.7 Å². The number of benzene rings is 1. The minimum absolute atomic E-state index is 0.0882. The number of likely N-dealkylation sites (tertiary alicyclic amines) is 1. The summed E-state index contributed by atoms with van der Waals surface area (Å²) in [6, 6.07) is 7.28. The molecule has 0 radical (unpaired) electrons. The highest BCUT2D eigenvalue weighted by atomic mass is 16.5. The summed E-state index contributed by atoms with van der Waals surface area (Å²) in [4.78, 5) is 25.8. The molecule has 2 rings (SSSR count). The van der Waals surface area contributed by atoms with Crippen molar-refractivity contribution in [2.75, 3.05) is 33.4 Å². The number of ether oxygens (including phenoxy) is 3. The standard InChI is InChI=1S/C20H29NO5/c1-24-17-9-11-18(12-10-17)25-15-7-8-20(23)26-16-19(22)21-13-5-3-2-4-6-14-21/h9-12H,2-8,13-16H2,1H3. The molecule has 26 heavy (non-hydrogen) atoms. The van der Waals surface area contributed by atoms with Crippen LogP contribution in [0.5, 0.6) is 11.5 Å². The second-order valence-electron chi connectivity index (χ2n) is 6.44. The monoisotopic (exact) mass is 363 g/mol. The fraction of sp³-hybridized carbons (Fsp3) is 0.600. The zero-order valence-electron chi connectivity index (χ0n) is 15.6. The maximum atomic E-state index is 12.1. The summed E-state index contributed by atoms with van der Waals surface area (Å²) < 4.78 is 15.8. The molecule has 1 heterocycles. The van der Waals surface area contributed by atoms with Crippen molar-refractivity contribution in [3.63, 3.8) is 0 Å². The fourth-order valence-electron chi connectivity index (χ4n) is 2.88. The first kappa shape index (κ1) is 20.1. The van der Waals surface area contributed by atoms with Gasteiger partial charge in [-0.15, -0.1) is 0 Å². The summed E-state index contributed by atoms with van der Waals surface area (Å²) in [6.45, 7) is 1.80. The van der Waals surface area contributed by atoms with Crippen LogP contribution in [0.2, 0.25) is 0 Å². The van der Waals surface area contributed by atoms with Gasteiger partial charge >= 0.3 is 5.97 Å². The lowest BCUT2D eigenvalue weighted by atomic mass is 10.1. The van der Waals surface area contributed by atoms with E-state index < -0.39 is 0 Å². The molecule has 1 saturated heterocycles. The molecular formula is C20H29NO5. The van der Waals surface area contributed by atoms with Crippen LogP contribution in [0, 0.1) is 0 Å². The Kier molecular flexibility index (Phi) is 8.79. The molecule has 1 aromatic rings. The quantitative estimate of drug-likeness (QED) is 0.524. The van der Waals surface area contributed by atoms with Crippen molar-refractivity contribution in [3.8, 4) is 11.5 Å². The molecule has 6 nitrogen and oxygen atoms in total. The van der Waals surface area contributed by atoms with E-state index in [1.54, 1.807) is 7.11 Å². The van der Waals surface area contributed by atoms with Gasteiger partial charge in [-0.3, -0.25) is 9.59 Å². The number of hydrogen-bond donors (Lipinski definition) is 0. The van der Waals surface area contributed by atoms with Crippen LogP contribution in [-0.4, -0.2) is 50.2 Å². The van der Waals surface area contributed by atoms with E-state index in [2.05, 4.69) is 0 Å². The van der Waals surface area contributed by atoms with Gasteiger partial charge in [-0.25, -0.2) is 0 Å². The van der Waals surface area contributed by atoms with E-state index in [9.17, 15) is 9.59 Å². The molecule has 1 aliphatic heterocycles. The Labute approximate surface area is 155 Å². The number of carbonyl (C=O) groups excluding carboxylic acids is 2. The van der Waals surface area contributed by atoms with Crippen LogP contribution < -0.4 is 9.47 Å². The molecule has 0 aliphatic carbocycles. The summed E-state index contributed by atoms with van der Waals surface area (Å²) in [7, 11) is 1.61. The van der Waals surface area contributed by atoms with Gasteiger partial charge in [-0.1, -0.05) is 19.3 Å². The van der Waals surface area contributed by atoms with Gasteiger partial charge in [0.2, 0.25) is 0 Å². The molecule has 1 fully saturated rings. The third kappa shape index (κ3) is 7.33. The second-order valence-corrected chi connectivity index (χ2v) is 6.44. The van der Waals surface area contributed by atoms with Crippen molar-refractivity contribution in [2.45, 2.75) is 44.9 Å². The first-order valence-corrected chi connectivity index (χ1v) is 9.39. The minimum atomic E-state index is -0.358. The third-order valence-corrected chi connectivity index (χ3v) is 4.42. The van der Waals surface area contributed by atoms with Crippen molar-refractivity contribution >= 4 is 11.9 Å². The topological polar surface area (TPSA) is 65.1 Å². The molecule has 0 N–H and O–H groups in total. The van der Waals surface area contributed by atoms with E-state index in [-0.39, 0.29) is 24.9 Å². The smallest absolute Gasteiger partial charge is 0.306 e. The van der Waals surface area contributed by atoms with Crippen LogP contribution in [0.3, 0.4) is 0 Å². The van der Waals surface area contributed by atoms with Crippen LogP contribution in [0.4, 0.5) is 0 Å². The van der Waals surface area contributed by atoms with Gasteiger partial charge in [0.1, 0.15) is 11.5 Å². The highest BCUT2D eigenvalue weighted by Gasteiger charge is 2.16. The number of nitrogens with zero attached hydrogens (tertiary/aromatic N) is 1. The Morgan fingerprint density at radius 3 is 2.23 bits per heavy atom. The number of rotatable bonds is 8. The van der Waals surface area contributed by atoms with Gasteiger partial charge in [-0.05, 0) is 43.5 Å². The summed E-state index contributed by atoms with van der Waals surface area (Å²) in [5.41, 5.74) is 0. The van der Waals surface area contributed by atoms with E-state index in [1.807, 2.05) is 29.2 Å². The lowest BCUT2D eigenvalue weighted by Crippen LogP contribution is -2.36. The van der Waals surface area contributed by atoms with E-state index in [1.165, 1.54) is 6.42 Å². The summed E-state index contributed by atoms with van der Waals surface area (Å²) in [5.74, 6) is 1.05. The van der Waals surface area contributed by atoms with E-state index >= 15 is 0 Å². The maximum absolute atomic E-state index is 12.1. The van der Waals surface area contributed by atoms with Crippen molar-refractivity contribution in [1.82, 2.24) is 4.90 Å². The third-order valence-electron chi connectivity index (χ3n) is 4.42. The molecule has 144 valence electrons. The molecule has 6 heteroatoms. The number of amides is 1. The lowest BCUT2D eigenvalue weighted by molar-refractivity contribution is -0.152. The second kappa shape index (κ2) is 11.4. The van der Waals surface area contributed by atoms with Crippen molar-refractivity contribution in [3.05, 3.63) is 24.3 Å². The molecule has 1 amide bonds. The van der Waals surface area contributed by atoms with Crippen LogP contribution in [0.15, 0.2) is 24.3 Å². The van der Waals surface area contributed by atoms with Gasteiger partial charge in [0.25, 0.3) is 5.91 Å². The number of esters is 1. The number of hydrogen-bond acceptors (Lipinski definition) is 5. The lowest BCUT2D eigenvalue weighted by Gasteiger charge is -2.24. The SMILES string of the molecule is COc1ccc(OCCCC(=O)OCC(=O)N2CCCCCCC2)cc1. The molecule has 1 aliphatic rings. The Morgan fingerprint density at radius 1 is 0.962 bits per heavy atom. The molecular weight excluding hydrogens is 334 g/mol. The molecule has 0 spiro atoms. The van der Waals surface area contributed by atoms with Crippen LogP contribution in [0.25, 0.3) is 0 Å². The predicted molar refractivity (Wildman–Crippen MR) is 98.3 cm³/mol. The molecule has 0 atom stereocenters. The van der Waals surface area contributed by atoms with E-state index in [0.29, 0.717) is 13.0 Å². The van der Waals surface area contributed by atoms with Gasteiger partial charge in [0.15, 0.2) is 6.61 Å². The number of methoxy groups -OCH3 is 1. The van der Waals surface area contributed by atoms with E-state index in [4.69, 9.17) is 14.2 Å². The molecule has 0 saturated carbocycles. The Hall–Kier alpha value is -2.24. The first-order valence-electron chi connectivity index (χ1n) is 9.39. The summed E-state index contributed by atoms with van der Waals surface area (Å²) in [6.07, 6.45) is 6.42. The zero-order valence-corrected chi connectivity index (χ0v) is 15.6. The highest BCUT2D eigenvalue weighted by molar-refractivity contribution is 5.80. The van der Waals surface area contributed by atoms with Gasteiger partial charge in [-0.2, -0.15) is 0 Å². The van der Waals surface area contributed by atoms with Crippen molar-refractivity contribution < 1.29 is 23.8 Å². The maximum Gasteiger partial charge on any atom is 0.306 e.